The van der Waals surface area contributed by atoms with Crippen LogP contribution in [0, 0.1) is 5.41 Å². The van der Waals surface area contributed by atoms with Crippen LogP contribution >= 0.6 is 0 Å². The summed E-state index contributed by atoms with van der Waals surface area (Å²) >= 11 is 0. The van der Waals surface area contributed by atoms with Gasteiger partial charge in [-0.15, -0.1) is 0 Å². The van der Waals surface area contributed by atoms with Crippen LogP contribution in [-0.4, -0.2) is 57.6 Å². The van der Waals surface area contributed by atoms with E-state index in [1.54, 1.807) is 11.1 Å². The monoisotopic (exact) mass is 318 g/mol. The van der Waals surface area contributed by atoms with Crippen LogP contribution in [0.15, 0.2) is 18.5 Å². The summed E-state index contributed by atoms with van der Waals surface area (Å²) in [7, 11) is 0. The largest absolute Gasteiger partial charge is 0.340 e. The van der Waals surface area contributed by atoms with E-state index >= 15 is 0 Å². The van der Waals surface area contributed by atoms with E-state index in [0.29, 0.717) is 26.1 Å². The highest BCUT2D eigenvalue weighted by molar-refractivity contribution is 5.86. The minimum absolute atomic E-state index is 0.0445. The molecule has 0 bridgehead atoms. The molecule has 0 N–H and O–H groups in total. The third kappa shape index (κ3) is 3.57. The first-order chi connectivity index (χ1) is 11.1. The maximum absolute atomic E-state index is 12.5. The molecule has 2 heterocycles. The van der Waals surface area contributed by atoms with Gasteiger partial charge in [-0.05, 0) is 31.2 Å². The number of aromatic nitrogens is 2. The van der Waals surface area contributed by atoms with E-state index in [2.05, 4.69) is 5.10 Å². The summed E-state index contributed by atoms with van der Waals surface area (Å²) in [5, 5.41) is 4.16. The van der Waals surface area contributed by atoms with Crippen LogP contribution in [-0.2, 0) is 16.1 Å². The van der Waals surface area contributed by atoms with Crippen molar-refractivity contribution in [1.29, 1.82) is 0 Å². The molecule has 0 unspecified atom stereocenters. The molecular weight excluding hydrogens is 292 g/mol. The van der Waals surface area contributed by atoms with E-state index in [1.807, 2.05) is 28.8 Å². The first-order valence-electron chi connectivity index (χ1n) is 8.65. The zero-order valence-electron chi connectivity index (χ0n) is 13.9. The predicted octanol–water partition coefficient (Wildman–Crippen LogP) is 1.52. The quantitative estimate of drug-likeness (QED) is 0.799. The van der Waals surface area contributed by atoms with Gasteiger partial charge >= 0.3 is 0 Å². The molecule has 23 heavy (non-hydrogen) atoms. The number of amides is 2. The van der Waals surface area contributed by atoms with E-state index in [-0.39, 0.29) is 23.8 Å². The highest BCUT2D eigenvalue weighted by atomic mass is 16.2. The van der Waals surface area contributed by atoms with Crippen LogP contribution in [0.5, 0.6) is 0 Å². The van der Waals surface area contributed by atoms with Crippen LogP contribution < -0.4 is 0 Å². The van der Waals surface area contributed by atoms with Crippen molar-refractivity contribution in [3.63, 3.8) is 0 Å². The molecule has 0 radical (unpaired) electrons. The van der Waals surface area contributed by atoms with E-state index in [0.717, 1.165) is 19.4 Å². The molecule has 1 saturated heterocycles. The lowest BCUT2D eigenvalue weighted by atomic mass is 9.85. The van der Waals surface area contributed by atoms with Gasteiger partial charge in [-0.25, -0.2) is 0 Å². The average molecular weight is 318 g/mol. The summed E-state index contributed by atoms with van der Waals surface area (Å²) in [6.07, 6.45) is 8.99. The zero-order valence-corrected chi connectivity index (χ0v) is 13.9. The molecule has 6 heteroatoms. The number of nitrogens with zero attached hydrogens (tertiary/aromatic N) is 4. The van der Waals surface area contributed by atoms with Crippen molar-refractivity contribution in [3.8, 4) is 0 Å². The molecule has 1 aliphatic heterocycles. The van der Waals surface area contributed by atoms with E-state index < -0.39 is 0 Å². The number of carbonyl (C=O) groups excluding carboxylic acids is 2. The fraction of sp³-hybridized carbons (Fsp3) is 0.706. The molecule has 1 aliphatic carbocycles. The number of hydrogen-bond donors (Lipinski definition) is 0. The number of likely N-dealkylation sites (N-methyl/N-ethyl adjacent to an activating group) is 1. The zero-order chi connectivity index (χ0) is 16.3. The summed E-state index contributed by atoms with van der Waals surface area (Å²) in [6.45, 7) is 4.95. The van der Waals surface area contributed by atoms with Crippen molar-refractivity contribution in [3.05, 3.63) is 18.5 Å². The molecule has 126 valence electrons. The fourth-order valence-corrected chi connectivity index (χ4v) is 3.96. The number of rotatable bonds is 6. The van der Waals surface area contributed by atoms with Gasteiger partial charge in [-0.2, -0.15) is 5.10 Å². The first-order valence-corrected chi connectivity index (χ1v) is 8.65. The summed E-state index contributed by atoms with van der Waals surface area (Å²) in [6, 6.07) is 1.88. The van der Waals surface area contributed by atoms with Gasteiger partial charge in [0, 0.05) is 38.4 Å². The van der Waals surface area contributed by atoms with E-state index in [1.165, 1.54) is 12.8 Å². The molecule has 2 fully saturated rings. The fourth-order valence-electron chi connectivity index (χ4n) is 3.96. The highest BCUT2D eigenvalue weighted by Crippen LogP contribution is 2.45. The Morgan fingerprint density at radius 2 is 2.17 bits per heavy atom. The topological polar surface area (TPSA) is 58.4 Å². The van der Waals surface area contributed by atoms with Gasteiger partial charge in [0.15, 0.2) is 0 Å². The van der Waals surface area contributed by atoms with Crippen molar-refractivity contribution in [1.82, 2.24) is 19.6 Å². The molecule has 1 aromatic heterocycles. The second-order valence-electron chi connectivity index (χ2n) is 6.88. The lowest BCUT2D eigenvalue weighted by molar-refractivity contribution is -0.138. The average Bonchev–Trinajstić information content (AvgIpc) is 3.24. The van der Waals surface area contributed by atoms with E-state index in [4.69, 9.17) is 0 Å². The Kier molecular flexibility index (Phi) is 4.68. The van der Waals surface area contributed by atoms with Crippen LogP contribution in [0.4, 0.5) is 0 Å². The molecule has 1 aromatic rings. The Balaban J connectivity index is 1.53. The lowest BCUT2D eigenvalue weighted by Crippen LogP contribution is -2.42. The second-order valence-corrected chi connectivity index (χ2v) is 6.88. The van der Waals surface area contributed by atoms with Crippen molar-refractivity contribution in [2.75, 3.05) is 26.2 Å². The molecule has 3 rings (SSSR count). The molecule has 1 saturated carbocycles. The second kappa shape index (κ2) is 6.72. The first kappa shape index (κ1) is 16.0. The third-order valence-electron chi connectivity index (χ3n) is 5.29. The molecule has 0 aromatic carbocycles. The normalized spacial score (nSPS) is 19.7. The Hall–Kier alpha value is -1.85. The Morgan fingerprint density at radius 3 is 2.83 bits per heavy atom. The Bertz CT molecular complexity index is 549. The maximum atomic E-state index is 12.5. The highest BCUT2D eigenvalue weighted by Gasteiger charge is 2.45. The van der Waals surface area contributed by atoms with Crippen molar-refractivity contribution in [2.24, 2.45) is 5.41 Å². The SMILES string of the molecule is CCN(CCn1cccn1)C(=O)CN1CC2(CCCC2)CC1=O. The van der Waals surface area contributed by atoms with Crippen LogP contribution in [0.2, 0.25) is 0 Å². The molecule has 6 nitrogen and oxygen atoms in total. The van der Waals surface area contributed by atoms with Crippen LogP contribution in [0.25, 0.3) is 0 Å². The third-order valence-corrected chi connectivity index (χ3v) is 5.29. The van der Waals surface area contributed by atoms with Crippen LogP contribution in [0.3, 0.4) is 0 Å². The van der Waals surface area contributed by atoms with Gasteiger partial charge < -0.3 is 9.80 Å². The van der Waals surface area contributed by atoms with Gasteiger partial charge in [-0.1, -0.05) is 12.8 Å². The Morgan fingerprint density at radius 1 is 1.39 bits per heavy atom. The van der Waals surface area contributed by atoms with Crippen molar-refractivity contribution in [2.45, 2.75) is 45.6 Å². The Labute approximate surface area is 137 Å². The number of likely N-dealkylation sites (tertiary alicyclic amines) is 1. The lowest BCUT2D eigenvalue weighted by Gasteiger charge is -2.26. The maximum Gasteiger partial charge on any atom is 0.242 e. The molecular formula is C17H26N4O2. The molecule has 0 atom stereocenters. The standard InChI is InChI=1S/C17H26N4O2/c1-2-19(10-11-21-9-5-8-18-21)16(23)13-20-14-17(12-15(20)22)6-3-4-7-17/h5,8-9H,2-4,6-7,10-14H2,1H3. The van der Waals surface area contributed by atoms with Gasteiger partial charge in [0.25, 0.3) is 0 Å². The van der Waals surface area contributed by atoms with Gasteiger partial charge in [-0.3, -0.25) is 14.3 Å². The van der Waals surface area contributed by atoms with E-state index in [9.17, 15) is 9.59 Å². The molecule has 2 aliphatic rings. The summed E-state index contributed by atoms with van der Waals surface area (Å²) in [5.41, 5.74) is 0.170. The predicted molar refractivity (Wildman–Crippen MR) is 86.6 cm³/mol. The van der Waals surface area contributed by atoms with Gasteiger partial charge in [0.1, 0.15) is 0 Å². The number of carbonyl (C=O) groups is 2. The molecule has 1 spiro atoms. The van der Waals surface area contributed by atoms with Crippen molar-refractivity contribution >= 4 is 11.8 Å². The molecule has 2 amide bonds. The van der Waals surface area contributed by atoms with Gasteiger partial charge in [0.2, 0.25) is 11.8 Å². The smallest absolute Gasteiger partial charge is 0.242 e. The summed E-state index contributed by atoms with van der Waals surface area (Å²) in [5.74, 6) is 0.200. The van der Waals surface area contributed by atoms with Crippen LogP contribution in [0.1, 0.15) is 39.0 Å². The van der Waals surface area contributed by atoms with Crippen molar-refractivity contribution < 1.29 is 9.59 Å². The minimum Gasteiger partial charge on any atom is -0.340 e. The number of hydrogen-bond acceptors (Lipinski definition) is 3. The minimum atomic E-state index is 0.0445. The summed E-state index contributed by atoms with van der Waals surface area (Å²) in [4.78, 5) is 28.4. The van der Waals surface area contributed by atoms with Gasteiger partial charge in [0.05, 0.1) is 13.1 Å². The summed E-state index contributed by atoms with van der Waals surface area (Å²) < 4.78 is 1.82.